The molecule has 4 rings (SSSR count). The number of hydrogen-bond donors (Lipinski definition) is 2. The summed E-state index contributed by atoms with van der Waals surface area (Å²) in [7, 11) is 0. The van der Waals surface area contributed by atoms with Crippen molar-refractivity contribution in [3.8, 4) is 11.4 Å². The van der Waals surface area contributed by atoms with E-state index >= 15 is 0 Å². The third kappa shape index (κ3) is 3.27. The van der Waals surface area contributed by atoms with E-state index in [1.807, 2.05) is 41.9 Å². The molecule has 1 fully saturated rings. The first kappa shape index (κ1) is 17.2. The van der Waals surface area contributed by atoms with Crippen LogP contribution in [0.2, 0.25) is 0 Å². The van der Waals surface area contributed by atoms with E-state index < -0.39 is 12.1 Å². The van der Waals surface area contributed by atoms with E-state index in [0.29, 0.717) is 18.9 Å². The lowest BCUT2D eigenvalue weighted by Gasteiger charge is -2.33. The van der Waals surface area contributed by atoms with Crippen LogP contribution in [-0.2, 0) is 16.1 Å². The van der Waals surface area contributed by atoms with Gasteiger partial charge in [0.15, 0.2) is 5.82 Å². The molecule has 1 saturated heterocycles. The van der Waals surface area contributed by atoms with E-state index in [1.165, 1.54) is 0 Å². The van der Waals surface area contributed by atoms with Crippen molar-refractivity contribution >= 4 is 17.8 Å². The number of carbonyl (C=O) groups excluding carboxylic acids is 3. The molecule has 0 radical (unpaired) electrons. The normalized spacial score (nSPS) is 21.6. The number of carbonyl (C=O) groups is 3. The summed E-state index contributed by atoms with van der Waals surface area (Å²) in [5, 5.41) is 9.25. The van der Waals surface area contributed by atoms with Gasteiger partial charge in [0.05, 0.1) is 12.6 Å². The van der Waals surface area contributed by atoms with Gasteiger partial charge in [-0.2, -0.15) is 5.10 Å². The highest BCUT2D eigenvalue weighted by Gasteiger charge is 2.33. The van der Waals surface area contributed by atoms with Crippen molar-refractivity contribution in [3.05, 3.63) is 36.2 Å². The molecule has 2 aliphatic rings. The first-order chi connectivity index (χ1) is 13.0. The Labute approximate surface area is 155 Å². The molecule has 2 atom stereocenters. The van der Waals surface area contributed by atoms with Crippen LogP contribution in [0.5, 0.6) is 0 Å². The van der Waals surface area contributed by atoms with E-state index in [-0.39, 0.29) is 30.7 Å². The molecule has 0 spiro atoms. The zero-order valence-electron chi connectivity index (χ0n) is 14.9. The molecule has 3 heterocycles. The number of fused-ring (bicyclic) bond motifs is 1. The van der Waals surface area contributed by atoms with Gasteiger partial charge in [-0.25, -0.2) is 14.5 Å². The van der Waals surface area contributed by atoms with Crippen LogP contribution in [0.3, 0.4) is 0 Å². The first-order valence-corrected chi connectivity index (χ1v) is 8.94. The van der Waals surface area contributed by atoms with Crippen LogP contribution in [-0.4, -0.2) is 50.1 Å². The summed E-state index contributed by atoms with van der Waals surface area (Å²) in [4.78, 5) is 41.8. The van der Waals surface area contributed by atoms with Gasteiger partial charge >= 0.3 is 6.03 Å². The van der Waals surface area contributed by atoms with Gasteiger partial charge < -0.3 is 10.2 Å². The molecule has 1 aromatic heterocycles. The van der Waals surface area contributed by atoms with E-state index in [0.717, 1.165) is 11.4 Å². The smallest absolute Gasteiger partial charge is 0.322 e. The number of aromatic nitrogens is 3. The maximum absolute atomic E-state index is 12.7. The summed E-state index contributed by atoms with van der Waals surface area (Å²) >= 11 is 0. The van der Waals surface area contributed by atoms with Crippen molar-refractivity contribution in [3.63, 3.8) is 0 Å². The van der Waals surface area contributed by atoms with Crippen LogP contribution in [0.15, 0.2) is 30.3 Å². The molecule has 1 aromatic carbocycles. The Balaban J connectivity index is 1.44. The molecule has 0 saturated carbocycles. The minimum absolute atomic E-state index is 0.0630. The van der Waals surface area contributed by atoms with E-state index in [2.05, 4.69) is 20.7 Å². The molecule has 4 amide bonds. The fourth-order valence-electron chi connectivity index (χ4n) is 3.49. The maximum atomic E-state index is 12.7. The summed E-state index contributed by atoms with van der Waals surface area (Å²) in [5.74, 6) is 0.955. The van der Waals surface area contributed by atoms with Gasteiger partial charge in [-0.05, 0) is 13.3 Å². The number of nitrogens with zero attached hydrogens (tertiary/aromatic N) is 4. The quantitative estimate of drug-likeness (QED) is 0.777. The minimum Gasteiger partial charge on any atom is -0.331 e. The van der Waals surface area contributed by atoms with Crippen molar-refractivity contribution in [1.82, 2.24) is 30.3 Å². The highest BCUT2D eigenvalue weighted by atomic mass is 16.2. The van der Waals surface area contributed by atoms with Gasteiger partial charge in [0.25, 0.3) is 5.91 Å². The molecule has 0 bridgehead atoms. The van der Waals surface area contributed by atoms with Gasteiger partial charge in [0.2, 0.25) is 5.91 Å². The molecule has 2 N–H and O–H groups in total. The van der Waals surface area contributed by atoms with Crippen LogP contribution in [0.4, 0.5) is 4.79 Å². The number of amides is 4. The van der Waals surface area contributed by atoms with Crippen molar-refractivity contribution in [2.24, 2.45) is 0 Å². The Kier molecular flexibility index (Phi) is 4.35. The third-order valence-electron chi connectivity index (χ3n) is 4.95. The Hall–Kier alpha value is -3.23. The molecule has 140 valence electrons. The van der Waals surface area contributed by atoms with Crippen molar-refractivity contribution in [2.75, 3.05) is 6.54 Å². The monoisotopic (exact) mass is 368 g/mol. The molecule has 9 heteroatoms. The van der Waals surface area contributed by atoms with E-state index in [9.17, 15) is 14.4 Å². The van der Waals surface area contributed by atoms with Gasteiger partial charge in [-0.15, -0.1) is 0 Å². The molecule has 2 aromatic rings. The lowest BCUT2D eigenvalue weighted by Crippen LogP contribution is -2.42. The SMILES string of the molecule is C[C@H]1c2nc(-c3ccccc3)nn2CCN1C(=O)CC[C@@H]1NC(=O)NC1=O. The largest absolute Gasteiger partial charge is 0.331 e. The van der Waals surface area contributed by atoms with Gasteiger partial charge in [-0.3, -0.25) is 14.9 Å². The molecule has 9 nitrogen and oxygen atoms in total. The lowest BCUT2D eigenvalue weighted by atomic mass is 10.1. The second-order valence-corrected chi connectivity index (χ2v) is 6.70. The van der Waals surface area contributed by atoms with Crippen LogP contribution in [0.25, 0.3) is 11.4 Å². The predicted molar refractivity (Wildman–Crippen MR) is 95.3 cm³/mol. The van der Waals surface area contributed by atoms with Gasteiger partial charge in [0, 0.05) is 18.5 Å². The Morgan fingerprint density at radius 1 is 1.22 bits per heavy atom. The van der Waals surface area contributed by atoms with Crippen LogP contribution in [0, 0.1) is 0 Å². The summed E-state index contributed by atoms with van der Waals surface area (Å²) in [6.45, 7) is 3.04. The van der Waals surface area contributed by atoms with Gasteiger partial charge in [0.1, 0.15) is 11.9 Å². The second kappa shape index (κ2) is 6.82. The van der Waals surface area contributed by atoms with Crippen molar-refractivity contribution in [1.29, 1.82) is 0 Å². The Morgan fingerprint density at radius 2 is 2.00 bits per heavy atom. The Morgan fingerprint density at radius 3 is 2.70 bits per heavy atom. The number of benzene rings is 1. The fraction of sp³-hybridized carbons (Fsp3) is 0.389. The third-order valence-corrected chi connectivity index (χ3v) is 4.95. The standard InChI is InChI=1S/C18H20N6O3/c1-11-16-20-15(12-5-3-2-4-6-12)22-24(16)10-9-23(11)14(25)8-7-13-17(26)21-18(27)19-13/h2-6,11,13H,7-10H2,1H3,(H2,19,21,26,27)/t11-,13-/m0/s1. The van der Waals surface area contributed by atoms with Crippen molar-refractivity contribution < 1.29 is 14.4 Å². The number of urea groups is 1. The average Bonchev–Trinajstić information content (AvgIpc) is 3.24. The number of hydrogen-bond acceptors (Lipinski definition) is 5. The van der Waals surface area contributed by atoms with E-state index in [4.69, 9.17) is 0 Å². The highest BCUT2D eigenvalue weighted by Crippen LogP contribution is 2.27. The fourth-order valence-corrected chi connectivity index (χ4v) is 3.49. The molecule has 0 aliphatic carbocycles. The topological polar surface area (TPSA) is 109 Å². The van der Waals surface area contributed by atoms with Crippen LogP contribution >= 0.6 is 0 Å². The molecule has 2 aliphatic heterocycles. The lowest BCUT2D eigenvalue weighted by molar-refractivity contribution is -0.134. The number of rotatable bonds is 4. The summed E-state index contributed by atoms with van der Waals surface area (Å²) in [6, 6.07) is 8.36. The van der Waals surface area contributed by atoms with Crippen molar-refractivity contribution in [2.45, 2.75) is 38.4 Å². The minimum atomic E-state index is -0.644. The summed E-state index contributed by atoms with van der Waals surface area (Å²) < 4.78 is 1.85. The summed E-state index contributed by atoms with van der Waals surface area (Å²) in [6.07, 6.45) is 0.462. The molecule has 27 heavy (non-hydrogen) atoms. The molecule has 0 unspecified atom stereocenters. The Bertz CT molecular complexity index is 894. The van der Waals surface area contributed by atoms with Crippen LogP contribution in [0.1, 0.15) is 31.6 Å². The second-order valence-electron chi connectivity index (χ2n) is 6.70. The van der Waals surface area contributed by atoms with Gasteiger partial charge in [-0.1, -0.05) is 30.3 Å². The maximum Gasteiger partial charge on any atom is 0.322 e. The zero-order valence-corrected chi connectivity index (χ0v) is 14.9. The van der Waals surface area contributed by atoms with Crippen LogP contribution < -0.4 is 10.6 Å². The summed E-state index contributed by atoms with van der Waals surface area (Å²) in [5.41, 5.74) is 0.937. The zero-order chi connectivity index (χ0) is 19.0. The molecular weight excluding hydrogens is 348 g/mol. The van der Waals surface area contributed by atoms with E-state index in [1.54, 1.807) is 4.90 Å². The number of nitrogens with one attached hydrogen (secondary N) is 2. The highest BCUT2D eigenvalue weighted by molar-refractivity contribution is 6.04. The predicted octanol–water partition coefficient (Wildman–Crippen LogP) is 0.836. The number of imide groups is 1. The molecular formula is C18H20N6O3. The average molecular weight is 368 g/mol. The first-order valence-electron chi connectivity index (χ1n) is 8.94.